The van der Waals surface area contributed by atoms with Crippen LogP contribution in [0, 0.1) is 0 Å². The minimum Gasteiger partial charge on any atom is -0.478 e. The minimum atomic E-state index is -0.871. The van der Waals surface area contributed by atoms with Crippen LogP contribution in [-0.2, 0) is 22.4 Å². The lowest BCUT2D eigenvalue weighted by Gasteiger charge is -2.04. The Morgan fingerprint density at radius 2 is 1.65 bits per heavy atom. The van der Waals surface area contributed by atoms with Gasteiger partial charge in [0.2, 0.25) is 0 Å². The maximum Gasteiger partial charge on any atom is 0.335 e. The molecule has 0 bridgehead atoms. The number of hydrogen-bond acceptors (Lipinski definition) is 4. The third-order valence-corrected chi connectivity index (χ3v) is 5.51. The third-order valence-electron chi connectivity index (χ3n) is 4.36. The molecule has 0 amide bonds. The number of hydrogen-bond donors (Lipinski definition) is 1. The van der Waals surface area contributed by atoms with Gasteiger partial charge in [-0.3, -0.25) is 4.79 Å². The topological polar surface area (TPSA) is 63.6 Å². The Balaban J connectivity index is 1.72. The van der Waals surface area contributed by atoms with E-state index in [0.717, 1.165) is 44.1 Å². The van der Waals surface area contributed by atoms with Crippen molar-refractivity contribution >= 4 is 23.3 Å². The van der Waals surface area contributed by atoms with Gasteiger partial charge in [0.1, 0.15) is 0 Å². The number of carbonyl (C=O) groups excluding carboxylic acids is 1. The normalized spacial score (nSPS) is 10.7. The Kier molecular flexibility index (Phi) is 8.35. The maximum absolute atomic E-state index is 11.3. The number of aromatic carboxylic acids is 1. The van der Waals surface area contributed by atoms with Crippen LogP contribution in [0.25, 0.3) is 0 Å². The van der Waals surface area contributed by atoms with Crippen LogP contribution in [0.3, 0.4) is 0 Å². The first kappa shape index (κ1) is 20.2. The predicted octanol–water partition coefficient (Wildman–Crippen LogP) is 5.09. The molecule has 140 valence electrons. The van der Waals surface area contributed by atoms with Gasteiger partial charge in [0.05, 0.1) is 12.7 Å². The Hall–Kier alpha value is -2.14. The molecule has 1 aromatic heterocycles. The Labute approximate surface area is 158 Å². The summed E-state index contributed by atoms with van der Waals surface area (Å²) in [5.74, 6) is -0.995. The molecule has 0 spiro atoms. The number of esters is 1. The van der Waals surface area contributed by atoms with E-state index in [2.05, 4.69) is 16.9 Å². The van der Waals surface area contributed by atoms with Crippen molar-refractivity contribution < 1.29 is 19.4 Å². The zero-order valence-corrected chi connectivity index (χ0v) is 16.0. The van der Waals surface area contributed by atoms with Gasteiger partial charge < -0.3 is 9.84 Å². The monoisotopic (exact) mass is 374 g/mol. The van der Waals surface area contributed by atoms with Crippen molar-refractivity contribution in [1.82, 2.24) is 0 Å². The lowest BCUT2D eigenvalue weighted by atomic mass is 10.0. The van der Waals surface area contributed by atoms with Gasteiger partial charge in [-0.2, -0.15) is 0 Å². The lowest BCUT2D eigenvalue weighted by Crippen LogP contribution is -2.01. The molecule has 1 N–H and O–H groups in total. The molecule has 0 atom stereocenters. The zero-order chi connectivity index (χ0) is 18.8. The second-order valence-corrected chi connectivity index (χ2v) is 7.60. The fourth-order valence-electron chi connectivity index (χ4n) is 2.92. The molecular formula is C21H26O4S. The molecule has 0 saturated carbocycles. The van der Waals surface area contributed by atoms with Crippen molar-refractivity contribution in [3.8, 4) is 0 Å². The van der Waals surface area contributed by atoms with Gasteiger partial charge in [-0.05, 0) is 43.0 Å². The van der Waals surface area contributed by atoms with Crippen LogP contribution in [0.2, 0.25) is 0 Å². The molecule has 1 heterocycles. The molecule has 2 aromatic rings. The van der Waals surface area contributed by atoms with Crippen LogP contribution >= 0.6 is 11.3 Å². The Morgan fingerprint density at radius 1 is 0.962 bits per heavy atom. The van der Waals surface area contributed by atoms with Gasteiger partial charge in [-0.25, -0.2) is 4.79 Å². The van der Waals surface area contributed by atoms with E-state index in [1.807, 2.05) is 12.1 Å². The van der Waals surface area contributed by atoms with Crippen molar-refractivity contribution in [2.24, 2.45) is 0 Å². The van der Waals surface area contributed by atoms with Crippen LogP contribution in [0.5, 0.6) is 0 Å². The number of aryl methyl sites for hydroxylation is 1. The average Bonchev–Trinajstić information content (AvgIpc) is 3.08. The molecule has 2 rings (SSSR count). The molecule has 0 saturated heterocycles. The van der Waals surface area contributed by atoms with Gasteiger partial charge in [-0.1, -0.05) is 37.5 Å². The molecule has 4 nitrogen and oxygen atoms in total. The third kappa shape index (κ3) is 6.64. The van der Waals surface area contributed by atoms with Crippen molar-refractivity contribution in [2.45, 2.75) is 51.4 Å². The number of methoxy groups -OCH3 is 1. The van der Waals surface area contributed by atoms with Crippen molar-refractivity contribution in [2.75, 3.05) is 7.11 Å². The Morgan fingerprint density at radius 3 is 2.42 bits per heavy atom. The first-order valence-electron chi connectivity index (χ1n) is 9.05. The van der Waals surface area contributed by atoms with E-state index < -0.39 is 5.97 Å². The summed E-state index contributed by atoms with van der Waals surface area (Å²) in [6, 6.07) is 11.5. The highest BCUT2D eigenvalue weighted by Crippen LogP contribution is 2.23. The fourth-order valence-corrected chi connectivity index (χ4v) is 4.01. The molecule has 0 radical (unpaired) electrons. The number of carboxylic acid groups (broad SMARTS) is 1. The minimum absolute atomic E-state index is 0.124. The Bertz CT molecular complexity index is 720. The summed E-state index contributed by atoms with van der Waals surface area (Å²) in [5.41, 5.74) is 1.24. The smallest absolute Gasteiger partial charge is 0.335 e. The lowest BCUT2D eigenvalue weighted by molar-refractivity contribution is -0.140. The van der Waals surface area contributed by atoms with E-state index in [9.17, 15) is 14.7 Å². The quantitative estimate of drug-likeness (QED) is 0.439. The number of unbranched alkanes of at least 4 members (excludes halogenated alkanes) is 4. The highest BCUT2D eigenvalue weighted by molar-refractivity contribution is 7.12. The standard InChI is InChI=1S/C21H26O4S/c1-25-20(22)12-6-4-2-3-5-10-17-13-14-18(26-17)15-16-9-7-8-11-19(16)21(23)24/h7-9,11,13-14H,2-6,10,12,15H2,1H3,(H,23,24). The largest absolute Gasteiger partial charge is 0.478 e. The van der Waals surface area contributed by atoms with Gasteiger partial charge in [0.25, 0.3) is 0 Å². The SMILES string of the molecule is COC(=O)CCCCCCCc1ccc(Cc2ccccc2C(=O)O)s1. The summed E-state index contributed by atoms with van der Waals surface area (Å²) in [7, 11) is 1.43. The maximum atomic E-state index is 11.3. The number of rotatable bonds is 11. The van der Waals surface area contributed by atoms with Crippen molar-refractivity contribution in [1.29, 1.82) is 0 Å². The van der Waals surface area contributed by atoms with E-state index in [0.29, 0.717) is 18.4 Å². The van der Waals surface area contributed by atoms with E-state index in [1.54, 1.807) is 23.5 Å². The molecule has 1 aromatic carbocycles. The second kappa shape index (κ2) is 10.8. The van der Waals surface area contributed by atoms with E-state index in [1.165, 1.54) is 16.9 Å². The molecular weight excluding hydrogens is 348 g/mol. The first-order valence-corrected chi connectivity index (χ1v) is 9.87. The summed E-state index contributed by atoms with van der Waals surface area (Å²) < 4.78 is 4.63. The molecule has 0 aliphatic rings. The van der Waals surface area contributed by atoms with E-state index in [4.69, 9.17) is 0 Å². The van der Waals surface area contributed by atoms with Crippen LogP contribution in [0.15, 0.2) is 36.4 Å². The highest BCUT2D eigenvalue weighted by atomic mass is 32.1. The van der Waals surface area contributed by atoms with Crippen LogP contribution in [-0.4, -0.2) is 24.2 Å². The molecule has 0 fully saturated rings. The van der Waals surface area contributed by atoms with Crippen molar-refractivity contribution in [3.63, 3.8) is 0 Å². The number of benzene rings is 1. The summed E-state index contributed by atoms with van der Waals surface area (Å²) in [6.45, 7) is 0. The van der Waals surface area contributed by atoms with Gasteiger partial charge in [-0.15, -0.1) is 11.3 Å². The number of thiophene rings is 1. The van der Waals surface area contributed by atoms with Crippen molar-refractivity contribution in [3.05, 3.63) is 57.3 Å². The second-order valence-electron chi connectivity index (χ2n) is 6.35. The van der Waals surface area contributed by atoms with Gasteiger partial charge in [0.15, 0.2) is 0 Å². The molecule has 0 aliphatic carbocycles. The van der Waals surface area contributed by atoms with Gasteiger partial charge >= 0.3 is 11.9 Å². The van der Waals surface area contributed by atoms with Crippen LogP contribution in [0.4, 0.5) is 0 Å². The average molecular weight is 375 g/mol. The summed E-state index contributed by atoms with van der Waals surface area (Å²) >= 11 is 1.77. The molecule has 26 heavy (non-hydrogen) atoms. The van der Waals surface area contributed by atoms with E-state index >= 15 is 0 Å². The molecule has 5 heteroatoms. The van der Waals surface area contributed by atoms with Gasteiger partial charge in [0, 0.05) is 22.6 Å². The summed E-state index contributed by atoms with van der Waals surface area (Å²) in [4.78, 5) is 24.9. The van der Waals surface area contributed by atoms with Crippen LogP contribution in [0.1, 0.15) is 64.2 Å². The number of ether oxygens (including phenoxy) is 1. The molecule has 0 unspecified atom stereocenters. The zero-order valence-electron chi connectivity index (χ0n) is 15.2. The fraction of sp³-hybridized carbons (Fsp3) is 0.429. The molecule has 0 aliphatic heterocycles. The van der Waals surface area contributed by atoms with Crippen LogP contribution < -0.4 is 0 Å². The number of carbonyl (C=O) groups is 2. The summed E-state index contributed by atoms with van der Waals surface area (Å²) in [6.07, 6.45) is 7.66. The number of carboxylic acids is 1. The summed E-state index contributed by atoms with van der Waals surface area (Å²) in [5, 5.41) is 9.28. The van der Waals surface area contributed by atoms with E-state index in [-0.39, 0.29) is 5.97 Å². The highest BCUT2D eigenvalue weighted by Gasteiger charge is 2.10. The predicted molar refractivity (Wildman–Crippen MR) is 104 cm³/mol. The first-order chi connectivity index (χ1) is 12.6.